The van der Waals surface area contributed by atoms with Crippen LogP contribution in [0.4, 0.5) is 5.69 Å². The van der Waals surface area contributed by atoms with Crippen LogP contribution in [0, 0.1) is 10.1 Å². The van der Waals surface area contributed by atoms with E-state index in [1.54, 1.807) is 0 Å². The lowest BCUT2D eigenvalue weighted by atomic mass is 10.1. The lowest BCUT2D eigenvalue weighted by Gasteiger charge is -2.07. The smallest absolute Gasteiger partial charge is 0.323 e. The van der Waals surface area contributed by atoms with Crippen LogP contribution >= 0.6 is 11.6 Å². The molecule has 1 aromatic carbocycles. The van der Waals surface area contributed by atoms with Crippen LogP contribution in [0.15, 0.2) is 12.1 Å². The van der Waals surface area contributed by atoms with E-state index in [9.17, 15) is 14.9 Å². The molecule has 0 spiro atoms. The van der Waals surface area contributed by atoms with Crippen molar-refractivity contribution in [3.8, 4) is 11.5 Å². The van der Waals surface area contributed by atoms with Crippen molar-refractivity contribution in [1.29, 1.82) is 0 Å². The Morgan fingerprint density at radius 1 is 1.38 bits per heavy atom. The van der Waals surface area contributed by atoms with Crippen molar-refractivity contribution in [3.05, 3.63) is 27.8 Å². The summed E-state index contributed by atoms with van der Waals surface area (Å²) in [5.74, 6) is 0.180. The van der Waals surface area contributed by atoms with E-state index in [1.165, 1.54) is 26.4 Å². The number of carbonyl (C=O) groups excluding carboxylic acids is 1. The van der Waals surface area contributed by atoms with Gasteiger partial charge in [0.1, 0.15) is 11.3 Å². The number of benzene rings is 1. The minimum Gasteiger partial charge on any atom is -0.497 e. The van der Waals surface area contributed by atoms with E-state index in [-0.39, 0.29) is 17.1 Å². The molecule has 6 nitrogen and oxygen atoms in total. The van der Waals surface area contributed by atoms with Crippen LogP contribution in [0.1, 0.15) is 10.4 Å². The van der Waals surface area contributed by atoms with E-state index >= 15 is 0 Å². The highest BCUT2D eigenvalue weighted by molar-refractivity contribution is 6.68. The Labute approximate surface area is 95.9 Å². The fourth-order valence-electron chi connectivity index (χ4n) is 1.19. The summed E-state index contributed by atoms with van der Waals surface area (Å²) in [6, 6.07) is 2.50. The lowest BCUT2D eigenvalue weighted by molar-refractivity contribution is -0.386. The Hall–Kier alpha value is -1.82. The quantitative estimate of drug-likeness (QED) is 0.460. The zero-order valence-electron chi connectivity index (χ0n) is 8.52. The molecule has 0 unspecified atom stereocenters. The van der Waals surface area contributed by atoms with E-state index in [0.717, 1.165) is 0 Å². The molecule has 16 heavy (non-hydrogen) atoms. The number of halogens is 1. The molecule has 0 bridgehead atoms. The van der Waals surface area contributed by atoms with E-state index in [2.05, 4.69) is 0 Å². The van der Waals surface area contributed by atoms with Crippen molar-refractivity contribution in [3.63, 3.8) is 0 Å². The number of methoxy groups -OCH3 is 2. The Morgan fingerprint density at radius 2 is 2.00 bits per heavy atom. The number of carbonyl (C=O) groups is 1. The molecule has 0 aliphatic rings. The molecule has 0 aliphatic heterocycles. The molecule has 1 aromatic rings. The van der Waals surface area contributed by atoms with Gasteiger partial charge in [-0.05, 0) is 17.7 Å². The van der Waals surface area contributed by atoms with E-state index in [0.29, 0.717) is 0 Å². The number of ether oxygens (including phenoxy) is 2. The van der Waals surface area contributed by atoms with Crippen LogP contribution in [0.3, 0.4) is 0 Å². The number of rotatable bonds is 4. The molecule has 1 rings (SSSR count). The molecule has 0 saturated carbocycles. The van der Waals surface area contributed by atoms with Gasteiger partial charge in [-0.25, -0.2) is 0 Å². The molecule has 0 aliphatic carbocycles. The predicted molar refractivity (Wildman–Crippen MR) is 56.4 cm³/mol. The highest BCUT2D eigenvalue weighted by atomic mass is 35.5. The van der Waals surface area contributed by atoms with Gasteiger partial charge in [-0.3, -0.25) is 14.9 Å². The third kappa shape index (κ3) is 2.22. The molecule has 0 amide bonds. The first kappa shape index (κ1) is 12.3. The molecule has 0 saturated heterocycles. The summed E-state index contributed by atoms with van der Waals surface area (Å²) < 4.78 is 9.68. The van der Waals surface area contributed by atoms with Crippen LogP contribution in [0.5, 0.6) is 11.5 Å². The maximum absolute atomic E-state index is 11.1. The fourth-order valence-corrected chi connectivity index (χ4v) is 1.34. The predicted octanol–water partition coefficient (Wildman–Crippen LogP) is 1.99. The number of hydrogen-bond acceptors (Lipinski definition) is 5. The second-order valence-corrected chi connectivity index (χ2v) is 3.10. The fraction of sp³-hybridized carbons (Fsp3) is 0.222. The summed E-state index contributed by atoms with van der Waals surface area (Å²) in [6.07, 6.45) is 0. The highest BCUT2D eigenvalue weighted by Crippen LogP contribution is 2.35. The molecular weight excluding hydrogens is 238 g/mol. The number of nitro groups is 1. The van der Waals surface area contributed by atoms with Gasteiger partial charge in [-0.2, -0.15) is 0 Å². The highest BCUT2D eigenvalue weighted by Gasteiger charge is 2.26. The van der Waals surface area contributed by atoms with Gasteiger partial charge in [-0.1, -0.05) is 0 Å². The van der Waals surface area contributed by atoms with E-state index in [1.807, 2.05) is 0 Å². The summed E-state index contributed by atoms with van der Waals surface area (Å²) in [4.78, 5) is 21.1. The molecule has 0 heterocycles. The van der Waals surface area contributed by atoms with Crippen molar-refractivity contribution in [2.45, 2.75) is 0 Å². The second kappa shape index (κ2) is 4.80. The number of hydrogen-bond donors (Lipinski definition) is 0. The maximum Gasteiger partial charge on any atom is 0.323 e. The summed E-state index contributed by atoms with van der Waals surface area (Å²) in [5.41, 5.74) is -0.730. The second-order valence-electron chi connectivity index (χ2n) is 2.76. The van der Waals surface area contributed by atoms with Gasteiger partial charge in [0.05, 0.1) is 19.1 Å². The summed E-state index contributed by atoms with van der Waals surface area (Å²) in [5, 5.41) is 9.84. The monoisotopic (exact) mass is 245 g/mol. The van der Waals surface area contributed by atoms with Gasteiger partial charge in [0.25, 0.3) is 5.24 Å². The van der Waals surface area contributed by atoms with E-state index in [4.69, 9.17) is 21.1 Å². The Balaban J connectivity index is 3.53. The lowest BCUT2D eigenvalue weighted by Crippen LogP contribution is -2.02. The first-order valence-corrected chi connectivity index (χ1v) is 4.49. The number of nitro benzene ring substituents is 1. The Kier molecular flexibility index (Phi) is 3.68. The van der Waals surface area contributed by atoms with E-state index < -0.39 is 15.9 Å². The molecule has 0 radical (unpaired) electrons. The molecule has 0 N–H and O–H groups in total. The third-order valence-electron chi connectivity index (χ3n) is 1.90. The van der Waals surface area contributed by atoms with Crippen LogP contribution in [0.2, 0.25) is 0 Å². The average Bonchev–Trinajstić information content (AvgIpc) is 2.26. The van der Waals surface area contributed by atoms with Gasteiger partial charge < -0.3 is 9.47 Å². The summed E-state index contributed by atoms with van der Waals surface area (Å²) in [6.45, 7) is 0. The Bertz CT molecular complexity index is 446. The van der Waals surface area contributed by atoms with Crippen molar-refractivity contribution in [2.24, 2.45) is 0 Å². The van der Waals surface area contributed by atoms with Crippen LogP contribution in [-0.4, -0.2) is 24.4 Å². The van der Waals surface area contributed by atoms with Gasteiger partial charge >= 0.3 is 5.69 Å². The zero-order chi connectivity index (χ0) is 12.3. The molecule has 0 atom stereocenters. The molecule has 0 aromatic heterocycles. The van der Waals surface area contributed by atoms with Crippen molar-refractivity contribution >= 4 is 22.5 Å². The first-order chi connectivity index (χ1) is 7.51. The maximum atomic E-state index is 11.1. The molecule has 7 heteroatoms. The minimum absolute atomic E-state index is 0.0756. The SMILES string of the molecule is COc1cc(OC)c([N+](=O)[O-])c(C(=O)Cl)c1. The minimum atomic E-state index is -0.941. The van der Waals surface area contributed by atoms with Gasteiger partial charge in [0.2, 0.25) is 5.75 Å². The number of nitrogens with zero attached hydrogens (tertiary/aromatic N) is 1. The van der Waals surface area contributed by atoms with Crippen LogP contribution in [0.25, 0.3) is 0 Å². The van der Waals surface area contributed by atoms with Gasteiger partial charge in [0, 0.05) is 6.07 Å². The molecule has 0 fully saturated rings. The van der Waals surface area contributed by atoms with Gasteiger partial charge in [0.15, 0.2) is 0 Å². The normalized spacial score (nSPS) is 9.69. The van der Waals surface area contributed by atoms with Crippen molar-refractivity contribution in [2.75, 3.05) is 14.2 Å². The van der Waals surface area contributed by atoms with Crippen LogP contribution in [-0.2, 0) is 0 Å². The molecular formula is C9H8ClNO5. The van der Waals surface area contributed by atoms with Gasteiger partial charge in [-0.15, -0.1) is 0 Å². The summed E-state index contributed by atoms with van der Waals surface area (Å²) >= 11 is 5.26. The van der Waals surface area contributed by atoms with Crippen LogP contribution < -0.4 is 9.47 Å². The molecule has 86 valence electrons. The third-order valence-corrected chi connectivity index (χ3v) is 2.10. The first-order valence-electron chi connectivity index (χ1n) is 4.11. The topological polar surface area (TPSA) is 78.7 Å². The largest absolute Gasteiger partial charge is 0.497 e. The Morgan fingerprint density at radius 3 is 2.38 bits per heavy atom. The standard InChI is InChI=1S/C9H8ClNO5/c1-15-5-3-6(9(10)12)8(11(13)14)7(4-5)16-2/h3-4H,1-2H3. The van der Waals surface area contributed by atoms with Crippen molar-refractivity contribution in [1.82, 2.24) is 0 Å². The zero-order valence-corrected chi connectivity index (χ0v) is 9.28. The summed E-state index contributed by atoms with van der Waals surface area (Å²) in [7, 11) is 2.62. The average molecular weight is 246 g/mol. The van der Waals surface area contributed by atoms with Crippen molar-refractivity contribution < 1.29 is 19.2 Å².